The minimum absolute atomic E-state index is 0.159. The van der Waals surface area contributed by atoms with Crippen molar-refractivity contribution >= 4 is 22.6 Å². The maximum Gasteiger partial charge on any atom is 0.323 e. The molecule has 0 saturated heterocycles. The topological polar surface area (TPSA) is 77.8 Å². The summed E-state index contributed by atoms with van der Waals surface area (Å²) in [5.74, 6) is -0.159. The summed E-state index contributed by atoms with van der Waals surface area (Å²) < 4.78 is 0. The van der Waals surface area contributed by atoms with Crippen LogP contribution in [0.5, 0.6) is 0 Å². The fraction of sp³-hybridized carbons (Fsp3) is 0.125. The van der Waals surface area contributed by atoms with E-state index in [1.165, 1.54) is 0 Å². The lowest BCUT2D eigenvalue weighted by molar-refractivity contribution is 0.102. The largest absolute Gasteiger partial charge is 0.323 e. The number of fused-ring (bicyclic) bond motifs is 1. The number of aromatic nitrogens is 2. The Hall–Kier alpha value is -2.82. The van der Waals surface area contributed by atoms with E-state index in [1.54, 1.807) is 12.1 Å². The molecule has 1 amide bonds. The lowest BCUT2D eigenvalue weighted by atomic mass is 10.1. The third-order valence-corrected chi connectivity index (χ3v) is 3.50. The van der Waals surface area contributed by atoms with Gasteiger partial charge in [-0.15, -0.1) is 0 Å². The predicted octanol–water partition coefficient (Wildman–Crippen LogP) is 2.73. The molecule has 0 spiro atoms. The van der Waals surface area contributed by atoms with Gasteiger partial charge in [-0.1, -0.05) is 18.2 Å². The van der Waals surface area contributed by atoms with E-state index in [1.807, 2.05) is 38.1 Å². The maximum absolute atomic E-state index is 12.3. The highest BCUT2D eigenvalue weighted by molar-refractivity contribution is 6.06. The van der Waals surface area contributed by atoms with Gasteiger partial charge in [-0.05, 0) is 43.2 Å². The van der Waals surface area contributed by atoms with Gasteiger partial charge in [0.1, 0.15) is 0 Å². The Labute approximate surface area is 121 Å². The Morgan fingerprint density at radius 2 is 1.67 bits per heavy atom. The van der Waals surface area contributed by atoms with Crippen molar-refractivity contribution in [1.82, 2.24) is 9.97 Å². The number of anilines is 1. The number of carbonyl (C=O) groups is 1. The van der Waals surface area contributed by atoms with E-state index in [9.17, 15) is 9.59 Å². The molecule has 0 fully saturated rings. The highest BCUT2D eigenvalue weighted by atomic mass is 16.2. The molecule has 0 aliphatic rings. The van der Waals surface area contributed by atoms with Gasteiger partial charge in [0, 0.05) is 11.3 Å². The molecule has 2 aromatic carbocycles. The summed E-state index contributed by atoms with van der Waals surface area (Å²) in [7, 11) is 0. The Morgan fingerprint density at radius 1 is 1.00 bits per heavy atom. The third kappa shape index (κ3) is 2.45. The van der Waals surface area contributed by atoms with Crippen LogP contribution in [0.2, 0.25) is 0 Å². The van der Waals surface area contributed by atoms with Crippen LogP contribution in [0.1, 0.15) is 21.5 Å². The van der Waals surface area contributed by atoms with Crippen LogP contribution >= 0.6 is 0 Å². The van der Waals surface area contributed by atoms with Crippen molar-refractivity contribution in [1.29, 1.82) is 0 Å². The lowest BCUT2D eigenvalue weighted by Gasteiger charge is -2.10. The molecule has 0 aliphatic carbocycles. The van der Waals surface area contributed by atoms with Gasteiger partial charge >= 0.3 is 5.69 Å². The van der Waals surface area contributed by atoms with E-state index >= 15 is 0 Å². The average molecular weight is 281 g/mol. The van der Waals surface area contributed by atoms with Crippen molar-refractivity contribution in [3.05, 3.63) is 63.6 Å². The molecule has 3 aromatic rings. The zero-order valence-electron chi connectivity index (χ0n) is 11.8. The van der Waals surface area contributed by atoms with Crippen molar-refractivity contribution in [3.8, 4) is 0 Å². The van der Waals surface area contributed by atoms with E-state index in [-0.39, 0.29) is 11.6 Å². The molecule has 0 bridgehead atoms. The number of hydrogen-bond donors (Lipinski definition) is 3. The van der Waals surface area contributed by atoms with Crippen LogP contribution in [0, 0.1) is 13.8 Å². The van der Waals surface area contributed by atoms with Gasteiger partial charge in [0.25, 0.3) is 5.91 Å². The van der Waals surface area contributed by atoms with Gasteiger partial charge in [0.15, 0.2) is 0 Å². The molecular weight excluding hydrogens is 266 g/mol. The molecule has 5 heteroatoms. The lowest BCUT2D eigenvalue weighted by Crippen LogP contribution is -2.14. The fourth-order valence-corrected chi connectivity index (χ4v) is 2.34. The number of amides is 1. The number of carbonyl (C=O) groups excluding carboxylic acids is 1. The molecule has 5 nitrogen and oxygen atoms in total. The quantitative estimate of drug-likeness (QED) is 0.675. The molecule has 106 valence electrons. The summed E-state index contributed by atoms with van der Waals surface area (Å²) in [6.45, 7) is 3.78. The second-order valence-corrected chi connectivity index (χ2v) is 5.06. The second-order valence-electron chi connectivity index (χ2n) is 5.06. The predicted molar refractivity (Wildman–Crippen MR) is 82.8 cm³/mol. The zero-order valence-corrected chi connectivity index (χ0v) is 11.8. The van der Waals surface area contributed by atoms with Crippen LogP contribution in [0.4, 0.5) is 5.69 Å². The minimum Gasteiger partial charge on any atom is -0.322 e. The molecule has 0 radical (unpaired) electrons. The van der Waals surface area contributed by atoms with E-state index < -0.39 is 0 Å². The van der Waals surface area contributed by atoms with Gasteiger partial charge in [-0.3, -0.25) is 4.79 Å². The molecule has 3 rings (SSSR count). The van der Waals surface area contributed by atoms with Gasteiger partial charge in [0.2, 0.25) is 0 Å². The Morgan fingerprint density at radius 3 is 2.38 bits per heavy atom. The maximum atomic E-state index is 12.3. The van der Waals surface area contributed by atoms with E-state index in [0.29, 0.717) is 16.8 Å². The summed E-state index contributed by atoms with van der Waals surface area (Å²) in [4.78, 5) is 29.0. The van der Waals surface area contributed by atoms with Crippen molar-refractivity contribution in [3.63, 3.8) is 0 Å². The third-order valence-electron chi connectivity index (χ3n) is 3.50. The van der Waals surface area contributed by atoms with Crippen molar-refractivity contribution in [2.24, 2.45) is 0 Å². The molecule has 3 N–H and O–H groups in total. The molecular formula is C16H15N3O2. The summed E-state index contributed by atoms with van der Waals surface area (Å²) in [5, 5.41) is 2.89. The normalized spacial score (nSPS) is 10.8. The van der Waals surface area contributed by atoms with Crippen LogP contribution in [0.25, 0.3) is 11.0 Å². The van der Waals surface area contributed by atoms with Crippen molar-refractivity contribution < 1.29 is 4.79 Å². The van der Waals surface area contributed by atoms with E-state index in [0.717, 1.165) is 16.6 Å². The molecule has 0 atom stereocenters. The summed E-state index contributed by atoms with van der Waals surface area (Å²) >= 11 is 0. The summed E-state index contributed by atoms with van der Waals surface area (Å²) in [5.41, 5.74) is 4.28. The average Bonchev–Trinajstić information content (AvgIpc) is 2.78. The van der Waals surface area contributed by atoms with E-state index in [2.05, 4.69) is 15.3 Å². The monoisotopic (exact) mass is 281 g/mol. The SMILES string of the molecule is Cc1cc2[nH]c(=O)[nH]c2cc1NC(=O)c1ccccc1C. The minimum atomic E-state index is -0.258. The smallest absolute Gasteiger partial charge is 0.322 e. The van der Waals surface area contributed by atoms with E-state index in [4.69, 9.17) is 0 Å². The van der Waals surface area contributed by atoms with Crippen LogP contribution in [0.15, 0.2) is 41.2 Å². The first kappa shape index (κ1) is 13.2. The van der Waals surface area contributed by atoms with Crippen LogP contribution in [-0.2, 0) is 0 Å². The Bertz CT molecular complexity index is 890. The molecule has 0 aliphatic heterocycles. The number of aryl methyl sites for hydroxylation is 2. The number of aromatic amines is 2. The van der Waals surface area contributed by atoms with Crippen molar-refractivity contribution in [2.75, 3.05) is 5.32 Å². The number of nitrogens with one attached hydrogen (secondary N) is 3. The fourth-order valence-electron chi connectivity index (χ4n) is 2.34. The number of hydrogen-bond acceptors (Lipinski definition) is 2. The summed E-state index contributed by atoms with van der Waals surface area (Å²) in [6, 6.07) is 11.0. The second kappa shape index (κ2) is 4.94. The zero-order chi connectivity index (χ0) is 15.0. The Kier molecular flexibility index (Phi) is 3.10. The highest BCUT2D eigenvalue weighted by Gasteiger charge is 2.11. The van der Waals surface area contributed by atoms with Crippen molar-refractivity contribution in [2.45, 2.75) is 13.8 Å². The van der Waals surface area contributed by atoms with Crippen LogP contribution in [-0.4, -0.2) is 15.9 Å². The van der Waals surface area contributed by atoms with Crippen LogP contribution < -0.4 is 11.0 Å². The standard InChI is InChI=1S/C16H15N3O2/c1-9-5-3-4-6-11(9)15(20)17-12-8-14-13(7-10(12)2)18-16(21)19-14/h3-8H,1-2H3,(H,17,20)(H2,18,19,21). The number of benzene rings is 2. The Balaban J connectivity index is 1.98. The van der Waals surface area contributed by atoms with Gasteiger partial charge < -0.3 is 15.3 Å². The molecule has 1 aromatic heterocycles. The first-order valence-corrected chi connectivity index (χ1v) is 6.64. The molecule has 21 heavy (non-hydrogen) atoms. The van der Waals surface area contributed by atoms with Crippen LogP contribution in [0.3, 0.4) is 0 Å². The first-order chi connectivity index (χ1) is 10.0. The number of H-pyrrole nitrogens is 2. The van der Waals surface area contributed by atoms with Gasteiger partial charge in [0.05, 0.1) is 11.0 Å². The number of rotatable bonds is 2. The molecule has 0 unspecified atom stereocenters. The highest BCUT2D eigenvalue weighted by Crippen LogP contribution is 2.21. The summed E-state index contributed by atoms with van der Waals surface area (Å²) in [6.07, 6.45) is 0. The number of imidazole rings is 1. The van der Waals surface area contributed by atoms with Gasteiger partial charge in [-0.25, -0.2) is 4.79 Å². The molecule has 0 saturated carbocycles. The molecule has 1 heterocycles. The van der Waals surface area contributed by atoms with Gasteiger partial charge in [-0.2, -0.15) is 0 Å². The first-order valence-electron chi connectivity index (χ1n) is 6.64.